The molecule has 0 bridgehead atoms. The van der Waals surface area contributed by atoms with Gasteiger partial charge in [-0.05, 0) is 54.8 Å². The van der Waals surface area contributed by atoms with Crippen LogP contribution in [0.25, 0.3) is 19.8 Å². The molecule has 0 amide bonds. The van der Waals surface area contributed by atoms with Crippen LogP contribution in [-0.4, -0.2) is 6.61 Å². The highest BCUT2D eigenvalue weighted by Gasteiger charge is 2.08. The fraction of sp³-hybridized carbons (Fsp3) is 0.368. The van der Waals surface area contributed by atoms with Gasteiger partial charge in [-0.3, -0.25) is 0 Å². The second kappa shape index (κ2) is 7.30. The van der Waals surface area contributed by atoms with E-state index in [-0.39, 0.29) is 0 Å². The minimum atomic E-state index is 0.810. The third-order valence-electron chi connectivity index (χ3n) is 3.66. The van der Waals surface area contributed by atoms with Gasteiger partial charge in [0.2, 0.25) is 0 Å². The maximum Gasteiger partial charge on any atom is 0.119 e. The summed E-state index contributed by atoms with van der Waals surface area (Å²) in [6.07, 6.45) is 4.71. The van der Waals surface area contributed by atoms with Crippen molar-refractivity contribution in [3.8, 4) is 16.2 Å². The molecule has 0 fully saturated rings. The van der Waals surface area contributed by atoms with Crippen molar-refractivity contribution in [1.82, 2.24) is 0 Å². The Kier molecular flexibility index (Phi) is 5.16. The molecule has 0 N–H and O–H groups in total. The fourth-order valence-corrected chi connectivity index (χ4v) is 4.98. The molecule has 3 heteroatoms. The Morgan fingerprint density at radius 3 is 2.36 bits per heavy atom. The van der Waals surface area contributed by atoms with Crippen LogP contribution in [0.1, 0.15) is 38.0 Å². The number of thiophene rings is 2. The molecule has 0 aliphatic heterocycles. The molecule has 116 valence electrons. The summed E-state index contributed by atoms with van der Waals surface area (Å²) in [5, 5.41) is 0. The molecule has 2 aromatic heterocycles. The molecular formula is C19H22OS2. The van der Waals surface area contributed by atoms with Gasteiger partial charge in [0.25, 0.3) is 0 Å². The van der Waals surface area contributed by atoms with Crippen molar-refractivity contribution in [3.63, 3.8) is 0 Å². The van der Waals surface area contributed by atoms with Gasteiger partial charge >= 0.3 is 0 Å². The van der Waals surface area contributed by atoms with E-state index >= 15 is 0 Å². The molecule has 0 aliphatic rings. The van der Waals surface area contributed by atoms with E-state index in [1.165, 1.54) is 44.0 Å². The van der Waals surface area contributed by atoms with E-state index in [1.807, 2.05) is 22.7 Å². The minimum Gasteiger partial charge on any atom is -0.494 e. The molecule has 1 aromatic carbocycles. The maximum atomic E-state index is 5.73. The van der Waals surface area contributed by atoms with Crippen molar-refractivity contribution < 1.29 is 4.74 Å². The van der Waals surface area contributed by atoms with Gasteiger partial charge in [-0.1, -0.05) is 26.7 Å². The van der Waals surface area contributed by atoms with E-state index in [0.29, 0.717) is 0 Å². The van der Waals surface area contributed by atoms with Crippen molar-refractivity contribution in [2.75, 3.05) is 6.61 Å². The molecule has 1 nitrogen and oxygen atoms in total. The normalized spacial score (nSPS) is 11.2. The number of hydrogen-bond acceptors (Lipinski definition) is 3. The van der Waals surface area contributed by atoms with Gasteiger partial charge in [0.15, 0.2) is 0 Å². The smallest absolute Gasteiger partial charge is 0.119 e. The lowest BCUT2D eigenvalue weighted by Crippen LogP contribution is -1.95. The first-order chi connectivity index (χ1) is 10.8. The Bertz CT molecular complexity index is 690. The highest BCUT2D eigenvalue weighted by atomic mass is 32.1. The van der Waals surface area contributed by atoms with Crippen molar-refractivity contribution in [3.05, 3.63) is 41.3 Å². The predicted octanol–water partition coefficient (Wildman–Crippen LogP) is 6.76. The highest BCUT2D eigenvalue weighted by molar-refractivity contribution is 7.29. The summed E-state index contributed by atoms with van der Waals surface area (Å²) in [6, 6.07) is 13.2. The monoisotopic (exact) mass is 330 g/mol. The van der Waals surface area contributed by atoms with Crippen LogP contribution in [0.3, 0.4) is 0 Å². The number of ether oxygens (including phenoxy) is 1. The number of unbranched alkanes of at least 4 members (excludes halogenated alkanes) is 1. The average molecular weight is 331 g/mol. The summed E-state index contributed by atoms with van der Waals surface area (Å²) in [5.74, 6) is 0.973. The van der Waals surface area contributed by atoms with Gasteiger partial charge in [0, 0.05) is 19.2 Å². The van der Waals surface area contributed by atoms with Crippen molar-refractivity contribution in [2.45, 2.75) is 39.5 Å². The summed E-state index contributed by atoms with van der Waals surface area (Å²) < 4.78 is 8.58. The first-order valence-electron chi connectivity index (χ1n) is 8.05. The van der Waals surface area contributed by atoms with Crippen LogP contribution in [-0.2, 0) is 6.42 Å². The third kappa shape index (κ3) is 3.53. The van der Waals surface area contributed by atoms with E-state index < -0.39 is 0 Å². The maximum absolute atomic E-state index is 5.73. The van der Waals surface area contributed by atoms with E-state index in [0.717, 1.165) is 18.8 Å². The lowest BCUT2D eigenvalue weighted by molar-refractivity contribution is 0.309. The molecule has 3 rings (SSSR count). The third-order valence-corrected chi connectivity index (χ3v) is 6.06. The van der Waals surface area contributed by atoms with Crippen LogP contribution in [0.15, 0.2) is 36.4 Å². The molecule has 0 saturated carbocycles. The summed E-state index contributed by atoms with van der Waals surface area (Å²) in [6.45, 7) is 5.23. The van der Waals surface area contributed by atoms with Gasteiger partial charge in [0.05, 0.1) is 6.61 Å². The second-order valence-electron chi connectivity index (χ2n) is 5.53. The van der Waals surface area contributed by atoms with Crippen LogP contribution in [0.5, 0.6) is 5.75 Å². The topological polar surface area (TPSA) is 9.23 Å². The molecule has 2 heterocycles. The largest absolute Gasteiger partial charge is 0.494 e. The van der Waals surface area contributed by atoms with Gasteiger partial charge in [-0.15, -0.1) is 22.7 Å². The Hall–Kier alpha value is -1.32. The highest BCUT2D eigenvalue weighted by Crippen LogP contribution is 2.38. The Morgan fingerprint density at radius 1 is 0.909 bits per heavy atom. The van der Waals surface area contributed by atoms with Crippen LogP contribution in [0.2, 0.25) is 0 Å². The Morgan fingerprint density at radius 2 is 1.68 bits per heavy atom. The Labute approximate surface area is 140 Å². The summed E-state index contributed by atoms with van der Waals surface area (Å²) in [5.41, 5.74) is 1.29. The lowest BCUT2D eigenvalue weighted by Gasteiger charge is -2.05. The summed E-state index contributed by atoms with van der Waals surface area (Å²) >= 11 is 3.83. The molecule has 0 aliphatic carbocycles. The van der Waals surface area contributed by atoms with E-state index in [2.05, 4.69) is 50.2 Å². The van der Waals surface area contributed by atoms with Gasteiger partial charge in [0.1, 0.15) is 5.75 Å². The molecule has 22 heavy (non-hydrogen) atoms. The number of fused-ring (bicyclic) bond motifs is 1. The zero-order valence-corrected chi connectivity index (χ0v) is 14.9. The minimum absolute atomic E-state index is 0.810. The summed E-state index contributed by atoms with van der Waals surface area (Å²) in [4.78, 5) is 2.86. The van der Waals surface area contributed by atoms with E-state index in [9.17, 15) is 0 Å². The van der Waals surface area contributed by atoms with Crippen molar-refractivity contribution >= 4 is 32.1 Å². The number of aryl methyl sites for hydroxylation is 1. The standard InChI is InChI=1S/C19H22OS2/c1-3-5-11-20-15-9-7-14(8-10-15)17-13-19-18(22-17)12-16(21-19)6-4-2/h7-10,12-13H,3-6,11H2,1-2H3. The van der Waals surface area contributed by atoms with Crippen molar-refractivity contribution in [1.29, 1.82) is 0 Å². The molecule has 0 saturated heterocycles. The van der Waals surface area contributed by atoms with Crippen LogP contribution in [0.4, 0.5) is 0 Å². The summed E-state index contributed by atoms with van der Waals surface area (Å²) in [7, 11) is 0. The van der Waals surface area contributed by atoms with Gasteiger partial charge in [-0.25, -0.2) is 0 Å². The number of benzene rings is 1. The molecule has 0 unspecified atom stereocenters. The Balaban J connectivity index is 1.74. The number of rotatable bonds is 7. The first kappa shape index (κ1) is 15.6. The SMILES string of the molecule is CCCCOc1ccc(-c2cc3sc(CCC)cc3s2)cc1. The predicted molar refractivity (Wildman–Crippen MR) is 99.5 cm³/mol. The molecule has 0 spiro atoms. The molecule has 0 atom stereocenters. The quantitative estimate of drug-likeness (QED) is 0.435. The van der Waals surface area contributed by atoms with Crippen LogP contribution in [0, 0.1) is 0 Å². The number of hydrogen-bond donors (Lipinski definition) is 0. The molecule has 3 aromatic rings. The lowest BCUT2D eigenvalue weighted by atomic mass is 10.2. The van der Waals surface area contributed by atoms with Gasteiger partial charge in [-0.2, -0.15) is 0 Å². The second-order valence-corrected chi connectivity index (χ2v) is 7.78. The average Bonchev–Trinajstić information content (AvgIpc) is 3.07. The molecular weight excluding hydrogens is 308 g/mol. The molecule has 0 radical (unpaired) electrons. The van der Waals surface area contributed by atoms with E-state index in [1.54, 1.807) is 0 Å². The zero-order valence-electron chi connectivity index (χ0n) is 13.2. The van der Waals surface area contributed by atoms with E-state index in [4.69, 9.17) is 4.74 Å². The van der Waals surface area contributed by atoms with Crippen molar-refractivity contribution in [2.24, 2.45) is 0 Å². The first-order valence-corrected chi connectivity index (χ1v) is 9.69. The fourth-order valence-electron chi connectivity index (χ4n) is 2.45. The van der Waals surface area contributed by atoms with Gasteiger partial charge < -0.3 is 4.74 Å². The van der Waals surface area contributed by atoms with Crippen LogP contribution >= 0.6 is 22.7 Å². The van der Waals surface area contributed by atoms with Crippen LogP contribution < -0.4 is 4.74 Å². The zero-order chi connectivity index (χ0) is 15.4.